The molecule has 3 unspecified atom stereocenters. The van der Waals surface area contributed by atoms with Gasteiger partial charge in [0.25, 0.3) is 5.91 Å². The molecule has 0 bridgehead atoms. The first kappa shape index (κ1) is 35.6. The average molecular weight is 616 g/mol. The third-order valence-corrected chi connectivity index (χ3v) is 8.07. The lowest BCUT2D eigenvalue weighted by molar-refractivity contribution is -0.142. The van der Waals surface area contributed by atoms with Gasteiger partial charge in [-0.15, -0.1) is 0 Å². The lowest BCUT2D eigenvalue weighted by atomic mass is 9.94. The molecule has 0 saturated heterocycles. The Morgan fingerprint density at radius 3 is 2.11 bits per heavy atom. The van der Waals surface area contributed by atoms with E-state index in [0.717, 1.165) is 59.6 Å². The second-order valence-electron chi connectivity index (χ2n) is 13.3. The molecule has 2 N–H and O–H groups in total. The zero-order chi connectivity index (χ0) is 33.1. The van der Waals surface area contributed by atoms with E-state index in [1.54, 1.807) is 25.7 Å². The molecule has 0 aliphatic rings. The number of carbonyl (C=O) groups is 3. The quantitative estimate of drug-likeness (QED) is 0.177. The van der Waals surface area contributed by atoms with E-state index in [9.17, 15) is 14.4 Å². The minimum absolute atomic E-state index is 0.184. The third kappa shape index (κ3) is 10.6. The van der Waals surface area contributed by atoms with E-state index >= 15 is 0 Å². The number of hydrogen-bond donors (Lipinski definition) is 2. The molecule has 244 valence electrons. The number of ether oxygens (including phenoxy) is 1. The largest absolute Gasteiger partial charge is 0.444 e. The van der Waals surface area contributed by atoms with Crippen LogP contribution in [0.25, 0.3) is 10.8 Å². The zero-order valence-electron chi connectivity index (χ0n) is 28.5. The topological polar surface area (TPSA) is 87.7 Å². The van der Waals surface area contributed by atoms with Crippen LogP contribution in [0.4, 0.5) is 10.5 Å². The van der Waals surface area contributed by atoms with E-state index in [0.29, 0.717) is 18.7 Å². The third-order valence-electron chi connectivity index (χ3n) is 8.07. The zero-order valence-corrected chi connectivity index (χ0v) is 28.5. The second kappa shape index (κ2) is 16.4. The van der Waals surface area contributed by atoms with Gasteiger partial charge in [-0.1, -0.05) is 113 Å². The summed E-state index contributed by atoms with van der Waals surface area (Å²) in [6.07, 6.45) is 4.99. The molecule has 0 aliphatic carbocycles. The van der Waals surface area contributed by atoms with Crippen LogP contribution in [-0.4, -0.2) is 41.0 Å². The maximum atomic E-state index is 14.7. The van der Waals surface area contributed by atoms with Crippen molar-refractivity contribution in [2.45, 2.75) is 112 Å². The Kier molecular flexibility index (Phi) is 13.0. The summed E-state index contributed by atoms with van der Waals surface area (Å²) in [4.78, 5) is 43.7. The fourth-order valence-electron chi connectivity index (χ4n) is 5.67. The van der Waals surface area contributed by atoms with E-state index in [1.165, 1.54) is 0 Å². The van der Waals surface area contributed by atoms with Gasteiger partial charge in [0.15, 0.2) is 0 Å². The van der Waals surface area contributed by atoms with Gasteiger partial charge >= 0.3 is 6.09 Å². The molecule has 3 aromatic rings. The fraction of sp³-hybridized carbons (Fsp3) is 0.500. The number of aryl methyl sites for hydroxylation is 2. The van der Waals surface area contributed by atoms with Crippen molar-refractivity contribution in [3.8, 4) is 0 Å². The summed E-state index contributed by atoms with van der Waals surface area (Å²) in [7, 11) is 0. The predicted molar refractivity (Wildman–Crippen MR) is 184 cm³/mol. The maximum Gasteiger partial charge on any atom is 0.408 e. The van der Waals surface area contributed by atoms with Crippen LogP contribution in [0.2, 0.25) is 0 Å². The lowest BCUT2D eigenvalue weighted by Gasteiger charge is -2.36. The molecule has 7 nitrogen and oxygen atoms in total. The summed E-state index contributed by atoms with van der Waals surface area (Å²) in [6, 6.07) is 18.1. The maximum absolute atomic E-state index is 14.7. The van der Waals surface area contributed by atoms with Crippen LogP contribution in [0.5, 0.6) is 0 Å². The van der Waals surface area contributed by atoms with Gasteiger partial charge < -0.3 is 20.3 Å². The van der Waals surface area contributed by atoms with Crippen LogP contribution in [0, 0.1) is 19.8 Å². The van der Waals surface area contributed by atoms with E-state index < -0.39 is 23.8 Å². The van der Waals surface area contributed by atoms with E-state index in [2.05, 4.69) is 23.6 Å². The molecule has 0 aromatic heterocycles. The fourth-order valence-corrected chi connectivity index (χ4v) is 5.67. The standard InChI is InChI=1S/C38H53N3O4/c1-9-11-12-13-16-21-41(36(43)33(28(5)10-2)40-37(44)45-38(6,7)8)34(31-23-26(3)22-27(4)24-31)35(42)39-32-20-19-29-17-14-15-18-30(29)25-32/h14-15,17-20,22-25,28,33-34H,9-13,16,21H2,1-8H3,(H,39,42)(H,40,44). The Balaban J connectivity index is 2.07. The highest BCUT2D eigenvalue weighted by Gasteiger charge is 2.38. The second-order valence-corrected chi connectivity index (χ2v) is 13.3. The molecular formula is C38H53N3O4. The van der Waals surface area contributed by atoms with Crippen molar-refractivity contribution in [3.05, 3.63) is 77.4 Å². The summed E-state index contributed by atoms with van der Waals surface area (Å²) in [5.74, 6) is -0.767. The smallest absolute Gasteiger partial charge is 0.408 e. The predicted octanol–water partition coefficient (Wildman–Crippen LogP) is 8.87. The number of nitrogens with zero attached hydrogens (tertiary/aromatic N) is 1. The molecule has 7 heteroatoms. The van der Waals surface area contributed by atoms with Crippen molar-refractivity contribution in [2.75, 3.05) is 11.9 Å². The van der Waals surface area contributed by atoms with Gasteiger partial charge in [0.1, 0.15) is 17.7 Å². The molecule has 3 aromatic carbocycles. The number of hydrogen-bond acceptors (Lipinski definition) is 4. The highest BCUT2D eigenvalue weighted by atomic mass is 16.6. The van der Waals surface area contributed by atoms with Gasteiger partial charge in [-0.25, -0.2) is 4.79 Å². The van der Waals surface area contributed by atoms with E-state index in [4.69, 9.17) is 4.74 Å². The first-order chi connectivity index (χ1) is 21.3. The van der Waals surface area contributed by atoms with Gasteiger partial charge in [-0.3, -0.25) is 9.59 Å². The van der Waals surface area contributed by atoms with Crippen LogP contribution in [-0.2, 0) is 14.3 Å². The summed E-state index contributed by atoms with van der Waals surface area (Å²) < 4.78 is 5.56. The Labute approximate surface area is 270 Å². The normalized spacial score (nSPS) is 13.5. The highest BCUT2D eigenvalue weighted by Crippen LogP contribution is 2.29. The molecule has 0 spiro atoms. The van der Waals surface area contributed by atoms with E-state index in [1.807, 2.05) is 82.3 Å². The molecule has 3 atom stereocenters. The summed E-state index contributed by atoms with van der Waals surface area (Å²) in [5.41, 5.74) is 2.71. The Morgan fingerprint density at radius 2 is 1.49 bits per heavy atom. The number of nitrogens with one attached hydrogen (secondary N) is 2. The van der Waals surface area contributed by atoms with E-state index in [-0.39, 0.29) is 17.7 Å². The average Bonchev–Trinajstić information content (AvgIpc) is 2.97. The number of unbranched alkanes of at least 4 members (excludes halogenated alkanes) is 4. The molecule has 3 rings (SSSR count). The van der Waals surface area contributed by atoms with Crippen LogP contribution in [0.3, 0.4) is 0 Å². The van der Waals surface area contributed by atoms with Gasteiger partial charge in [0.2, 0.25) is 5.91 Å². The molecule has 0 aliphatic heterocycles. The summed E-state index contributed by atoms with van der Waals surface area (Å²) in [6.45, 7) is 15.9. The van der Waals surface area contributed by atoms with Gasteiger partial charge in [0.05, 0.1) is 0 Å². The number of anilines is 1. The minimum atomic E-state index is -0.902. The first-order valence-electron chi connectivity index (χ1n) is 16.5. The van der Waals surface area contributed by atoms with Crippen molar-refractivity contribution in [3.63, 3.8) is 0 Å². The number of fused-ring (bicyclic) bond motifs is 1. The number of rotatable bonds is 14. The molecule has 45 heavy (non-hydrogen) atoms. The number of carbonyl (C=O) groups excluding carboxylic acids is 3. The van der Waals surface area contributed by atoms with Gasteiger partial charge in [-0.2, -0.15) is 0 Å². The lowest BCUT2D eigenvalue weighted by Crippen LogP contribution is -2.55. The monoisotopic (exact) mass is 615 g/mol. The Morgan fingerprint density at radius 1 is 0.844 bits per heavy atom. The number of alkyl carbamates (subject to hydrolysis) is 1. The van der Waals surface area contributed by atoms with Crippen molar-refractivity contribution in [2.24, 2.45) is 5.92 Å². The molecule has 0 heterocycles. The van der Waals surface area contributed by atoms with Crippen molar-refractivity contribution in [1.29, 1.82) is 0 Å². The molecule has 0 saturated carbocycles. The van der Waals surface area contributed by atoms with Gasteiger partial charge in [-0.05, 0) is 75.4 Å². The number of amides is 3. The Bertz CT molecular complexity index is 1420. The number of benzene rings is 3. The Hall–Kier alpha value is -3.87. The summed E-state index contributed by atoms with van der Waals surface area (Å²) in [5, 5.41) is 8.09. The minimum Gasteiger partial charge on any atom is -0.444 e. The van der Waals surface area contributed by atoms with Crippen molar-refractivity contribution >= 4 is 34.4 Å². The van der Waals surface area contributed by atoms with Crippen LogP contribution in [0.1, 0.15) is 103 Å². The molecule has 3 amide bonds. The van der Waals surface area contributed by atoms with Crippen LogP contribution < -0.4 is 10.6 Å². The van der Waals surface area contributed by atoms with Crippen LogP contribution >= 0.6 is 0 Å². The molecule has 0 fully saturated rings. The summed E-state index contributed by atoms with van der Waals surface area (Å²) >= 11 is 0. The molecular weight excluding hydrogens is 562 g/mol. The van der Waals surface area contributed by atoms with Crippen molar-refractivity contribution in [1.82, 2.24) is 10.2 Å². The SMILES string of the molecule is CCCCCCCN(C(=O)C(NC(=O)OC(C)(C)C)C(C)CC)C(C(=O)Nc1ccc2ccccc2c1)c1cc(C)cc(C)c1. The molecule has 0 radical (unpaired) electrons. The first-order valence-corrected chi connectivity index (χ1v) is 16.5. The highest BCUT2D eigenvalue weighted by molar-refractivity contribution is 6.00. The van der Waals surface area contributed by atoms with Crippen molar-refractivity contribution < 1.29 is 19.1 Å². The van der Waals surface area contributed by atoms with Crippen LogP contribution in [0.15, 0.2) is 60.7 Å². The van der Waals surface area contributed by atoms with Gasteiger partial charge in [0, 0.05) is 12.2 Å².